The third kappa shape index (κ3) is 2.75. The maximum atomic E-state index is 8.54. The summed E-state index contributed by atoms with van der Waals surface area (Å²) < 4.78 is 107. The van der Waals surface area contributed by atoms with E-state index in [1.54, 1.807) is 13.8 Å². The Hall–Kier alpha value is -2.34. The summed E-state index contributed by atoms with van der Waals surface area (Å²) in [6, 6.07) is -8.03. The fourth-order valence-corrected chi connectivity index (χ4v) is 2.14. The van der Waals surface area contributed by atoms with Gasteiger partial charge < -0.3 is 0 Å². The largest absolute Gasteiger partial charge is 0.0629 e. The monoisotopic (exact) mass is 285 g/mol. The van der Waals surface area contributed by atoms with Crippen LogP contribution in [0.5, 0.6) is 0 Å². The summed E-state index contributed by atoms with van der Waals surface area (Å²) in [5.41, 5.74) is -1.00. The van der Waals surface area contributed by atoms with Crippen molar-refractivity contribution in [1.82, 2.24) is 0 Å². The average molecular weight is 285 g/mol. The Bertz CT molecular complexity index is 1200. The Labute approximate surface area is 145 Å². The molecule has 0 fully saturated rings. The van der Waals surface area contributed by atoms with Gasteiger partial charge in [0, 0.05) is 0 Å². The SMILES string of the molecule is [2H]c1c([2H])c([2H])c(-c2c([2H])c([2H])c([2H])c(-c3c([2H])c([2H])c([2H])c([2H])c3[2H])c2C(C)C)c([2H])c1[2H]. The highest BCUT2D eigenvalue weighted by molar-refractivity contribution is 5.79. The van der Waals surface area contributed by atoms with Crippen molar-refractivity contribution in [3.8, 4) is 22.3 Å². The van der Waals surface area contributed by atoms with Gasteiger partial charge in [0.2, 0.25) is 0 Å². The molecule has 3 aromatic carbocycles. The van der Waals surface area contributed by atoms with E-state index in [2.05, 4.69) is 0 Å². The molecule has 0 heteroatoms. The standard InChI is InChI=1S/C21H20/c1-16(2)21-19(17-10-5-3-6-11-17)14-9-15-20(21)18-12-7-4-8-13-18/h3-16H,1-2H3/i3D,4D,5D,6D,7D,8D,9D,10D,11D,12D,13D,14D,15D. The molecule has 0 aliphatic rings. The highest BCUT2D eigenvalue weighted by Crippen LogP contribution is 2.36. The third-order valence-corrected chi connectivity index (χ3v) is 2.99. The first-order valence-electron chi connectivity index (χ1n) is 12.9. The summed E-state index contributed by atoms with van der Waals surface area (Å²) in [7, 11) is 0. The van der Waals surface area contributed by atoms with Crippen LogP contribution in [0.2, 0.25) is 0 Å². The quantitative estimate of drug-likeness (QED) is 0.542. The lowest BCUT2D eigenvalue weighted by Crippen LogP contribution is -1.96. The van der Waals surface area contributed by atoms with Crippen LogP contribution in [-0.4, -0.2) is 0 Å². The molecule has 0 aliphatic carbocycles. The molecule has 0 nitrogen and oxygen atoms in total. The molecular formula is C21H20. The summed E-state index contributed by atoms with van der Waals surface area (Å²) in [5, 5.41) is 0. The van der Waals surface area contributed by atoms with Gasteiger partial charge in [-0.1, -0.05) is 92.4 Å². The second kappa shape index (κ2) is 5.97. The fourth-order valence-electron chi connectivity index (χ4n) is 2.14. The van der Waals surface area contributed by atoms with E-state index < -0.39 is 84.5 Å². The summed E-state index contributed by atoms with van der Waals surface area (Å²) in [4.78, 5) is 0. The van der Waals surface area contributed by atoms with E-state index in [0.717, 1.165) is 0 Å². The van der Waals surface area contributed by atoms with Gasteiger partial charge in [0.05, 0.1) is 17.8 Å². The molecule has 0 saturated carbocycles. The van der Waals surface area contributed by atoms with Crippen LogP contribution in [0.15, 0.2) is 78.6 Å². The Balaban J connectivity index is 2.69. The molecule has 0 amide bonds. The van der Waals surface area contributed by atoms with Gasteiger partial charge in [-0.3, -0.25) is 0 Å². The van der Waals surface area contributed by atoms with Crippen molar-refractivity contribution in [1.29, 1.82) is 0 Å². The zero-order valence-corrected chi connectivity index (χ0v) is 11.6. The first-order chi connectivity index (χ1) is 15.7. The fraction of sp³-hybridized carbons (Fsp3) is 0.143. The molecule has 0 N–H and O–H groups in total. The molecule has 0 aromatic heterocycles. The van der Waals surface area contributed by atoms with Crippen LogP contribution in [0.4, 0.5) is 0 Å². The van der Waals surface area contributed by atoms with Gasteiger partial charge in [-0.05, 0) is 33.7 Å². The highest BCUT2D eigenvalue weighted by Gasteiger charge is 2.14. The van der Waals surface area contributed by atoms with Gasteiger partial charge in [0.1, 0.15) is 0 Å². The second-order valence-corrected chi connectivity index (χ2v) is 4.69. The van der Waals surface area contributed by atoms with E-state index in [1.807, 2.05) is 0 Å². The molecule has 0 aliphatic heterocycles. The maximum Gasteiger partial charge on any atom is 0.0629 e. The van der Waals surface area contributed by atoms with Crippen molar-refractivity contribution in [3.05, 3.63) is 84.1 Å². The Morgan fingerprint density at radius 3 is 1.43 bits per heavy atom. The molecule has 3 aromatic rings. The summed E-state index contributed by atoms with van der Waals surface area (Å²) in [6.07, 6.45) is 0. The topological polar surface area (TPSA) is 0 Å². The van der Waals surface area contributed by atoms with E-state index in [0.29, 0.717) is 0 Å². The zero-order valence-electron chi connectivity index (χ0n) is 24.6. The van der Waals surface area contributed by atoms with Crippen LogP contribution in [0.1, 0.15) is 43.1 Å². The maximum absolute atomic E-state index is 8.54. The molecule has 0 unspecified atom stereocenters. The van der Waals surface area contributed by atoms with Gasteiger partial charge in [-0.2, -0.15) is 0 Å². The molecule has 0 heterocycles. The third-order valence-electron chi connectivity index (χ3n) is 2.99. The highest BCUT2D eigenvalue weighted by atomic mass is 14.2. The van der Waals surface area contributed by atoms with Crippen molar-refractivity contribution in [2.75, 3.05) is 0 Å². The van der Waals surface area contributed by atoms with Crippen LogP contribution in [0.3, 0.4) is 0 Å². The van der Waals surface area contributed by atoms with E-state index in [-0.39, 0.29) is 27.8 Å². The van der Waals surface area contributed by atoms with Gasteiger partial charge in [-0.15, -0.1) is 0 Å². The molecule has 104 valence electrons. The molecule has 0 radical (unpaired) electrons. The number of hydrogen-bond acceptors (Lipinski definition) is 0. The van der Waals surface area contributed by atoms with Gasteiger partial charge in [0.25, 0.3) is 0 Å². The first-order valence-corrected chi connectivity index (χ1v) is 6.44. The smallest absolute Gasteiger partial charge is 0.0622 e. The second-order valence-electron chi connectivity index (χ2n) is 4.69. The van der Waals surface area contributed by atoms with Crippen molar-refractivity contribution in [3.63, 3.8) is 0 Å². The lowest BCUT2D eigenvalue weighted by atomic mass is 9.86. The minimum Gasteiger partial charge on any atom is -0.0622 e. The van der Waals surface area contributed by atoms with Crippen molar-refractivity contribution >= 4 is 0 Å². The minimum atomic E-state index is -0.659. The Morgan fingerprint density at radius 2 is 1.05 bits per heavy atom. The average Bonchev–Trinajstić information content (AvgIpc) is 2.79. The molecule has 0 bridgehead atoms. The molecule has 0 saturated heterocycles. The van der Waals surface area contributed by atoms with Gasteiger partial charge in [-0.25, -0.2) is 0 Å². The van der Waals surface area contributed by atoms with Crippen LogP contribution < -0.4 is 0 Å². The molecule has 3 rings (SSSR count). The van der Waals surface area contributed by atoms with Crippen LogP contribution in [-0.2, 0) is 0 Å². The Morgan fingerprint density at radius 1 is 0.619 bits per heavy atom. The predicted molar refractivity (Wildman–Crippen MR) is 91.4 cm³/mol. The van der Waals surface area contributed by atoms with Gasteiger partial charge >= 0.3 is 0 Å². The first kappa shape index (κ1) is 5.14. The summed E-state index contributed by atoms with van der Waals surface area (Å²) >= 11 is 0. The van der Waals surface area contributed by atoms with Crippen LogP contribution >= 0.6 is 0 Å². The van der Waals surface area contributed by atoms with Crippen molar-refractivity contribution < 1.29 is 17.8 Å². The zero-order chi connectivity index (χ0) is 26.0. The van der Waals surface area contributed by atoms with Crippen LogP contribution in [0, 0.1) is 0 Å². The summed E-state index contributed by atoms with van der Waals surface area (Å²) in [5.74, 6) is -0.575. The van der Waals surface area contributed by atoms with E-state index >= 15 is 0 Å². The van der Waals surface area contributed by atoms with Gasteiger partial charge in [0.15, 0.2) is 0 Å². The Kier molecular flexibility index (Phi) is 1.46. The normalized spacial score (nSPS) is 19.5. The molecule has 0 atom stereocenters. The number of hydrogen-bond donors (Lipinski definition) is 0. The predicted octanol–water partition coefficient (Wildman–Crippen LogP) is 6.14. The van der Waals surface area contributed by atoms with E-state index in [1.165, 1.54) is 0 Å². The van der Waals surface area contributed by atoms with Crippen molar-refractivity contribution in [2.45, 2.75) is 19.8 Å². The van der Waals surface area contributed by atoms with Crippen molar-refractivity contribution in [2.24, 2.45) is 0 Å². The summed E-state index contributed by atoms with van der Waals surface area (Å²) in [6.45, 7) is 3.30. The number of benzene rings is 3. The number of rotatable bonds is 3. The lowest BCUT2D eigenvalue weighted by Gasteiger charge is -2.18. The molecular weight excluding hydrogens is 252 g/mol. The molecule has 21 heavy (non-hydrogen) atoms. The van der Waals surface area contributed by atoms with E-state index in [4.69, 9.17) is 17.8 Å². The van der Waals surface area contributed by atoms with E-state index in [9.17, 15) is 0 Å². The lowest BCUT2D eigenvalue weighted by molar-refractivity contribution is 0.871. The minimum absolute atomic E-state index is 0.0862. The van der Waals surface area contributed by atoms with Crippen LogP contribution in [0.25, 0.3) is 22.3 Å². The molecule has 0 spiro atoms.